The smallest absolute Gasteiger partial charge is 0.272 e. The van der Waals surface area contributed by atoms with E-state index in [0.717, 1.165) is 32.2 Å². The van der Waals surface area contributed by atoms with Crippen molar-refractivity contribution in [2.45, 2.75) is 6.42 Å². The summed E-state index contributed by atoms with van der Waals surface area (Å²) in [6, 6.07) is 13.9. The quantitative estimate of drug-likeness (QED) is 0.651. The van der Waals surface area contributed by atoms with Crippen LogP contribution in [0.4, 0.5) is 10.1 Å². The van der Waals surface area contributed by atoms with Crippen LogP contribution in [-0.2, 0) is 4.79 Å². The van der Waals surface area contributed by atoms with Crippen molar-refractivity contribution in [2.24, 2.45) is 0 Å². The molecule has 0 saturated carbocycles. The maximum absolute atomic E-state index is 13.7. The molecule has 2 aromatic rings. The zero-order valence-electron chi connectivity index (χ0n) is 15.4. The van der Waals surface area contributed by atoms with Crippen molar-refractivity contribution in [2.75, 3.05) is 37.6 Å². The molecule has 1 heterocycles. The van der Waals surface area contributed by atoms with Crippen molar-refractivity contribution >= 4 is 29.1 Å². The van der Waals surface area contributed by atoms with Crippen molar-refractivity contribution in [3.63, 3.8) is 0 Å². The molecule has 0 atom stereocenters. The third-order valence-corrected chi connectivity index (χ3v) is 5.02. The Hall–Kier alpha value is -2.64. The number of hydrogen-bond acceptors (Lipinski definition) is 3. The van der Waals surface area contributed by atoms with Crippen LogP contribution in [0.25, 0.3) is 0 Å². The van der Waals surface area contributed by atoms with Crippen LogP contribution in [-0.4, -0.2) is 44.5 Å². The molecule has 0 bridgehead atoms. The highest BCUT2D eigenvalue weighted by molar-refractivity contribution is 6.31. The molecule has 8 heteroatoms. The van der Waals surface area contributed by atoms with Gasteiger partial charge in [-0.3, -0.25) is 20.4 Å². The van der Waals surface area contributed by atoms with Gasteiger partial charge in [0.25, 0.3) is 5.91 Å². The van der Waals surface area contributed by atoms with Gasteiger partial charge >= 0.3 is 0 Å². The fraction of sp³-hybridized carbons (Fsp3) is 0.300. The number of hydrogen-bond donors (Lipinski definition) is 3. The predicted octanol–water partition coefficient (Wildman–Crippen LogP) is 1.04. The summed E-state index contributed by atoms with van der Waals surface area (Å²) in [7, 11) is 0. The lowest BCUT2D eigenvalue weighted by molar-refractivity contribution is -0.900. The Kier molecular flexibility index (Phi) is 6.84. The number of nitrogens with one attached hydrogen (secondary N) is 3. The average Bonchev–Trinajstić information content (AvgIpc) is 2.73. The normalized spacial score (nSPS) is 14.6. The first-order chi connectivity index (χ1) is 13.5. The minimum atomic E-state index is -0.739. The molecular weight excluding hydrogens is 383 g/mol. The number of carbonyl (C=O) groups is 2. The van der Waals surface area contributed by atoms with E-state index in [0.29, 0.717) is 6.54 Å². The van der Waals surface area contributed by atoms with Crippen molar-refractivity contribution in [3.8, 4) is 0 Å². The molecule has 1 saturated heterocycles. The van der Waals surface area contributed by atoms with Crippen molar-refractivity contribution in [1.29, 1.82) is 0 Å². The number of quaternary nitrogens is 1. The molecule has 28 heavy (non-hydrogen) atoms. The van der Waals surface area contributed by atoms with E-state index in [1.54, 1.807) is 0 Å². The molecule has 0 aliphatic carbocycles. The lowest BCUT2D eigenvalue weighted by atomic mass is 10.2. The molecule has 3 rings (SSSR count). The summed E-state index contributed by atoms with van der Waals surface area (Å²) in [5.74, 6) is -1.75. The molecule has 0 aromatic heterocycles. The Labute approximate surface area is 168 Å². The number of hydrazine groups is 1. The van der Waals surface area contributed by atoms with Crippen LogP contribution in [0.15, 0.2) is 48.5 Å². The summed E-state index contributed by atoms with van der Waals surface area (Å²) in [6.07, 6.45) is 0.277. The minimum Gasteiger partial charge on any atom is -0.360 e. The van der Waals surface area contributed by atoms with Gasteiger partial charge in [0, 0.05) is 10.7 Å². The van der Waals surface area contributed by atoms with Gasteiger partial charge in [-0.15, -0.1) is 0 Å². The highest BCUT2D eigenvalue weighted by Crippen LogP contribution is 2.14. The Balaban J connectivity index is 1.38. The summed E-state index contributed by atoms with van der Waals surface area (Å²) in [5, 5.41) is 0.246. The second kappa shape index (κ2) is 9.52. The van der Waals surface area contributed by atoms with E-state index in [-0.39, 0.29) is 22.9 Å². The molecule has 0 spiro atoms. The van der Waals surface area contributed by atoms with Crippen molar-refractivity contribution in [3.05, 3.63) is 64.9 Å². The van der Waals surface area contributed by atoms with Crippen LogP contribution >= 0.6 is 11.6 Å². The zero-order chi connectivity index (χ0) is 19.9. The first-order valence-corrected chi connectivity index (χ1v) is 9.58. The molecule has 1 aliphatic heterocycles. The lowest BCUT2D eigenvalue weighted by Gasteiger charge is -2.33. The fourth-order valence-electron chi connectivity index (χ4n) is 3.19. The number of piperazine rings is 1. The third kappa shape index (κ3) is 5.43. The molecule has 2 amide bonds. The lowest BCUT2D eigenvalue weighted by Crippen LogP contribution is -3.15. The van der Waals surface area contributed by atoms with E-state index >= 15 is 0 Å². The maximum Gasteiger partial charge on any atom is 0.272 e. The van der Waals surface area contributed by atoms with Crippen LogP contribution < -0.4 is 20.7 Å². The fourth-order valence-corrected chi connectivity index (χ4v) is 3.36. The van der Waals surface area contributed by atoms with Gasteiger partial charge in [-0.05, 0) is 30.3 Å². The number of nitrogens with zero attached hydrogens (tertiary/aromatic N) is 1. The standard InChI is InChI=1S/C20H22ClFN4O2/c21-15-6-7-18(22)17(14-15)20(28)24-23-19(27)8-9-25-10-12-26(13-11-25)16-4-2-1-3-5-16/h1-7,14H,8-13H2,(H,23,27)(H,24,28)/p+1. The van der Waals surface area contributed by atoms with Gasteiger partial charge in [-0.1, -0.05) is 29.8 Å². The average molecular weight is 406 g/mol. The first-order valence-electron chi connectivity index (χ1n) is 9.21. The zero-order valence-corrected chi connectivity index (χ0v) is 16.1. The van der Waals surface area contributed by atoms with Gasteiger partial charge < -0.3 is 9.80 Å². The topological polar surface area (TPSA) is 65.9 Å². The molecule has 1 aliphatic rings. The van der Waals surface area contributed by atoms with Gasteiger partial charge in [0.15, 0.2) is 0 Å². The summed E-state index contributed by atoms with van der Waals surface area (Å²) < 4.78 is 13.7. The monoisotopic (exact) mass is 405 g/mol. The number of anilines is 1. The van der Waals surface area contributed by atoms with Crippen molar-refractivity contribution < 1.29 is 18.9 Å². The molecule has 6 nitrogen and oxygen atoms in total. The number of amides is 2. The van der Waals surface area contributed by atoms with Gasteiger partial charge in [0.05, 0.1) is 44.7 Å². The Morgan fingerprint density at radius 1 is 1.07 bits per heavy atom. The molecule has 0 unspecified atom stereocenters. The van der Waals surface area contributed by atoms with E-state index < -0.39 is 11.7 Å². The van der Waals surface area contributed by atoms with Gasteiger partial charge in [-0.25, -0.2) is 4.39 Å². The number of para-hydroxylation sites is 1. The summed E-state index contributed by atoms with van der Waals surface area (Å²) in [5.41, 5.74) is 5.56. The SMILES string of the molecule is O=C(CC[NH+]1CCN(c2ccccc2)CC1)NNC(=O)c1cc(Cl)ccc1F. The van der Waals surface area contributed by atoms with E-state index in [4.69, 9.17) is 11.6 Å². The third-order valence-electron chi connectivity index (χ3n) is 4.79. The molecule has 1 fully saturated rings. The molecule has 2 aromatic carbocycles. The summed E-state index contributed by atoms with van der Waals surface area (Å²) in [4.78, 5) is 27.6. The van der Waals surface area contributed by atoms with Crippen molar-refractivity contribution in [1.82, 2.24) is 10.9 Å². The minimum absolute atomic E-state index is 0.213. The number of carbonyl (C=O) groups excluding carboxylic acids is 2. The van der Waals surface area contributed by atoms with E-state index in [1.165, 1.54) is 22.7 Å². The molecular formula is C20H23ClFN4O2+. The molecule has 148 valence electrons. The highest BCUT2D eigenvalue weighted by Gasteiger charge is 2.21. The Morgan fingerprint density at radius 2 is 1.79 bits per heavy atom. The summed E-state index contributed by atoms with van der Waals surface area (Å²) in [6.45, 7) is 4.44. The number of rotatable bonds is 5. The number of halogens is 2. The second-order valence-electron chi connectivity index (χ2n) is 6.70. The highest BCUT2D eigenvalue weighted by atomic mass is 35.5. The van der Waals surface area contributed by atoms with Crippen LogP contribution in [0, 0.1) is 5.82 Å². The van der Waals surface area contributed by atoms with E-state index in [9.17, 15) is 14.0 Å². The van der Waals surface area contributed by atoms with Crippen LogP contribution in [0.3, 0.4) is 0 Å². The van der Waals surface area contributed by atoms with E-state index in [1.807, 2.05) is 18.2 Å². The van der Waals surface area contributed by atoms with Gasteiger partial charge in [0.1, 0.15) is 5.82 Å². The van der Waals surface area contributed by atoms with Gasteiger partial charge in [-0.2, -0.15) is 0 Å². The molecule has 3 N–H and O–H groups in total. The van der Waals surface area contributed by atoms with Crippen LogP contribution in [0.1, 0.15) is 16.8 Å². The number of benzene rings is 2. The maximum atomic E-state index is 13.7. The van der Waals surface area contributed by atoms with Crippen LogP contribution in [0.5, 0.6) is 0 Å². The Morgan fingerprint density at radius 3 is 2.50 bits per heavy atom. The summed E-state index contributed by atoms with van der Waals surface area (Å²) >= 11 is 5.77. The van der Waals surface area contributed by atoms with Gasteiger partial charge in [0.2, 0.25) is 5.91 Å². The Bertz CT molecular complexity index is 826. The predicted molar refractivity (Wildman–Crippen MR) is 106 cm³/mol. The molecule has 0 radical (unpaired) electrons. The van der Waals surface area contributed by atoms with Crippen LogP contribution in [0.2, 0.25) is 5.02 Å². The second-order valence-corrected chi connectivity index (χ2v) is 7.14. The largest absolute Gasteiger partial charge is 0.360 e. The van der Waals surface area contributed by atoms with E-state index in [2.05, 4.69) is 27.9 Å². The first kappa shape index (κ1) is 20.1.